The minimum absolute atomic E-state index is 1.11. The second-order valence-electron chi connectivity index (χ2n) is 15.7. The summed E-state index contributed by atoms with van der Waals surface area (Å²) in [4.78, 5) is 2.43. The van der Waals surface area contributed by atoms with Crippen LogP contribution in [0.2, 0.25) is 0 Å². The molecule has 286 valence electrons. The molecule has 0 bridgehead atoms. The molecule has 0 spiro atoms. The standard InChI is InChI=1S/C58H38N2S/c1-4-13-39(14-5-1)41-23-30-47(31-24-41)59(54-22-12-21-52-53-37-44(40-15-6-2-7-16-40)29-36-56(53)61-58(52)54)48-32-25-42(26-33-48)45-28-34-50-51-35-27-43-17-10-11-20-49(43)57(51)60(55(50)38-45)46-18-8-3-9-19-46/h1-38H. The highest BCUT2D eigenvalue weighted by Crippen LogP contribution is 2.46. The van der Waals surface area contributed by atoms with Crippen LogP contribution in [-0.4, -0.2) is 4.57 Å². The van der Waals surface area contributed by atoms with E-state index in [-0.39, 0.29) is 0 Å². The number of para-hydroxylation sites is 1. The Morgan fingerprint density at radius 1 is 0.344 bits per heavy atom. The summed E-state index contributed by atoms with van der Waals surface area (Å²) in [5, 5.41) is 7.57. The van der Waals surface area contributed by atoms with Crippen molar-refractivity contribution in [1.29, 1.82) is 0 Å². The summed E-state index contributed by atoms with van der Waals surface area (Å²) in [6.45, 7) is 0. The fraction of sp³-hybridized carbons (Fsp3) is 0. The van der Waals surface area contributed by atoms with Crippen LogP contribution in [0.1, 0.15) is 0 Å². The minimum Gasteiger partial charge on any atom is -0.309 e. The van der Waals surface area contributed by atoms with Crippen LogP contribution in [0.15, 0.2) is 231 Å². The van der Waals surface area contributed by atoms with Gasteiger partial charge >= 0.3 is 0 Å². The van der Waals surface area contributed by atoms with Crippen molar-refractivity contribution >= 4 is 81.1 Å². The number of fused-ring (bicyclic) bond motifs is 8. The zero-order valence-corrected chi connectivity index (χ0v) is 34.1. The first-order valence-electron chi connectivity index (χ1n) is 20.8. The highest BCUT2D eigenvalue weighted by Gasteiger charge is 2.20. The van der Waals surface area contributed by atoms with Crippen molar-refractivity contribution in [2.75, 3.05) is 4.90 Å². The van der Waals surface area contributed by atoms with Crippen LogP contribution < -0.4 is 4.90 Å². The third-order valence-corrected chi connectivity index (χ3v) is 13.4. The van der Waals surface area contributed by atoms with E-state index < -0.39 is 0 Å². The molecule has 2 nitrogen and oxygen atoms in total. The minimum atomic E-state index is 1.11. The molecule has 10 aromatic carbocycles. The largest absolute Gasteiger partial charge is 0.309 e. The Morgan fingerprint density at radius 2 is 0.885 bits per heavy atom. The molecule has 12 aromatic rings. The number of anilines is 3. The molecule has 0 amide bonds. The quantitative estimate of drug-likeness (QED) is 0.156. The molecule has 0 aliphatic rings. The van der Waals surface area contributed by atoms with Gasteiger partial charge in [-0.05, 0) is 99.4 Å². The molecule has 0 atom stereocenters. The number of nitrogens with zero attached hydrogens (tertiary/aromatic N) is 2. The summed E-state index contributed by atoms with van der Waals surface area (Å²) in [7, 11) is 0. The van der Waals surface area contributed by atoms with Gasteiger partial charge in [0.1, 0.15) is 0 Å². The monoisotopic (exact) mass is 794 g/mol. The van der Waals surface area contributed by atoms with Gasteiger partial charge in [0.25, 0.3) is 0 Å². The number of hydrogen-bond donors (Lipinski definition) is 0. The molecular weight excluding hydrogens is 757 g/mol. The first-order chi connectivity index (χ1) is 30.2. The zero-order valence-electron chi connectivity index (χ0n) is 33.2. The number of aromatic nitrogens is 1. The SMILES string of the molecule is c1ccc(-c2ccc(N(c3ccc(-c4ccc5c6ccc7ccccc7c6n(-c6ccccc6)c5c4)cc3)c3cccc4c3sc3ccc(-c5ccccc5)cc34)cc2)cc1. The molecule has 3 heteroatoms. The van der Waals surface area contributed by atoms with Crippen LogP contribution in [0, 0.1) is 0 Å². The highest BCUT2D eigenvalue weighted by molar-refractivity contribution is 7.26. The first kappa shape index (κ1) is 35.2. The lowest BCUT2D eigenvalue weighted by Gasteiger charge is -2.26. The third-order valence-electron chi connectivity index (χ3n) is 12.2. The molecule has 2 aromatic heterocycles. The molecule has 0 fully saturated rings. The van der Waals surface area contributed by atoms with Gasteiger partial charge in [0, 0.05) is 48.7 Å². The van der Waals surface area contributed by atoms with E-state index >= 15 is 0 Å². The van der Waals surface area contributed by atoms with E-state index in [2.05, 4.69) is 240 Å². The van der Waals surface area contributed by atoms with E-state index in [0.29, 0.717) is 0 Å². The lowest BCUT2D eigenvalue weighted by molar-refractivity contribution is 1.19. The Morgan fingerprint density at radius 3 is 1.61 bits per heavy atom. The summed E-state index contributed by atoms with van der Waals surface area (Å²) in [6, 6.07) is 84.1. The molecule has 0 aliphatic heterocycles. The maximum Gasteiger partial charge on any atom is 0.0640 e. The summed E-state index contributed by atoms with van der Waals surface area (Å²) in [6.07, 6.45) is 0. The van der Waals surface area contributed by atoms with Crippen molar-refractivity contribution in [3.05, 3.63) is 231 Å². The van der Waals surface area contributed by atoms with Gasteiger partial charge in [0.15, 0.2) is 0 Å². The summed E-state index contributed by atoms with van der Waals surface area (Å²) < 4.78 is 5.00. The van der Waals surface area contributed by atoms with Gasteiger partial charge in [-0.15, -0.1) is 11.3 Å². The van der Waals surface area contributed by atoms with Crippen molar-refractivity contribution < 1.29 is 0 Å². The fourth-order valence-corrected chi connectivity index (χ4v) is 10.4. The normalized spacial score (nSPS) is 11.6. The predicted octanol–water partition coefficient (Wildman–Crippen LogP) is 16.8. The Labute approximate surface area is 358 Å². The molecule has 0 aliphatic carbocycles. The Hall–Kier alpha value is -7.72. The van der Waals surface area contributed by atoms with Gasteiger partial charge < -0.3 is 9.47 Å². The van der Waals surface area contributed by atoms with E-state index in [4.69, 9.17) is 0 Å². The maximum absolute atomic E-state index is 2.44. The molecule has 12 rings (SSSR count). The molecule has 0 unspecified atom stereocenters. The van der Waals surface area contributed by atoms with Crippen molar-refractivity contribution in [3.8, 4) is 39.1 Å². The van der Waals surface area contributed by atoms with Gasteiger partial charge in [-0.1, -0.05) is 170 Å². The van der Waals surface area contributed by atoms with Crippen LogP contribution >= 0.6 is 11.3 Å². The number of benzene rings is 10. The highest BCUT2D eigenvalue weighted by atomic mass is 32.1. The summed E-state index contributed by atoms with van der Waals surface area (Å²) in [5.74, 6) is 0. The van der Waals surface area contributed by atoms with Crippen molar-refractivity contribution in [1.82, 2.24) is 4.57 Å². The van der Waals surface area contributed by atoms with Crippen molar-refractivity contribution in [3.63, 3.8) is 0 Å². The number of rotatable bonds is 7. The predicted molar refractivity (Wildman–Crippen MR) is 262 cm³/mol. The van der Waals surface area contributed by atoms with Gasteiger partial charge in [-0.25, -0.2) is 0 Å². The summed E-state index contributed by atoms with van der Waals surface area (Å²) in [5.41, 5.74) is 14.2. The van der Waals surface area contributed by atoms with Gasteiger partial charge in [-0.3, -0.25) is 0 Å². The average molecular weight is 795 g/mol. The van der Waals surface area contributed by atoms with Gasteiger partial charge in [0.2, 0.25) is 0 Å². The number of hydrogen-bond acceptors (Lipinski definition) is 2. The van der Waals surface area contributed by atoms with Crippen LogP contribution in [-0.2, 0) is 0 Å². The van der Waals surface area contributed by atoms with E-state index in [0.717, 1.165) is 17.1 Å². The van der Waals surface area contributed by atoms with Crippen LogP contribution in [0.3, 0.4) is 0 Å². The average Bonchev–Trinajstić information content (AvgIpc) is 3.89. The molecule has 61 heavy (non-hydrogen) atoms. The van der Waals surface area contributed by atoms with E-state index in [9.17, 15) is 0 Å². The Bertz CT molecular complexity index is 3550. The third kappa shape index (κ3) is 6.01. The first-order valence-corrected chi connectivity index (χ1v) is 21.6. The molecule has 0 saturated heterocycles. The van der Waals surface area contributed by atoms with Crippen LogP contribution in [0.25, 0.3) is 91.8 Å². The number of thiophene rings is 1. The van der Waals surface area contributed by atoms with E-state index in [1.165, 1.54) is 91.8 Å². The van der Waals surface area contributed by atoms with Crippen LogP contribution in [0.5, 0.6) is 0 Å². The summed E-state index contributed by atoms with van der Waals surface area (Å²) >= 11 is 1.87. The van der Waals surface area contributed by atoms with Gasteiger partial charge in [0.05, 0.1) is 21.4 Å². The molecule has 2 heterocycles. The lowest BCUT2D eigenvalue weighted by Crippen LogP contribution is -2.10. The Kier molecular flexibility index (Phi) is 8.39. The smallest absolute Gasteiger partial charge is 0.0640 e. The fourth-order valence-electron chi connectivity index (χ4n) is 9.24. The second-order valence-corrected chi connectivity index (χ2v) is 16.8. The van der Waals surface area contributed by atoms with E-state index in [1.54, 1.807) is 0 Å². The second kappa shape index (κ2) is 14.5. The van der Waals surface area contributed by atoms with Crippen molar-refractivity contribution in [2.45, 2.75) is 0 Å². The molecular formula is C58H38N2S. The zero-order chi connectivity index (χ0) is 40.3. The van der Waals surface area contributed by atoms with Crippen molar-refractivity contribution in [2.24, 2.45) is 0 Å². The lowest BCUT2D eigenvalue weighted by atomic mass is 10.0. The van der Waals surface area contributed by atoms with Gasteiger partial charge in [-0.2, -0.15) is 0 Å². The Balaban J connectivity index is 0.998. The molecule has 0 radical (unpaired) electrons. The maximum atomic E-state index is 2.44. The van der Waals surface area contributed by atoms with E-state index in [1.807, 2.05) is 11.3 Å². The molecule has 0 saturated carbocycles. The molecule has 0 N–H and O–H groups in total. The topological polar surface area (TPSA) is 8.17 Å². The van der Waals surface area contributed by atoms with Crippen LogP contribution in [0.4, 0.5) is 17.1 Å².